The summed E-state index contributed by atoms with van der Waals surface area (Å²) in [6.07, 6.45) is -0.221. The van der Waals surface area contributed by atoms with Gasteiger partial charge in [0.05, 0.1) is 6.61 Å². The fourth-order valence-corrected chi connectivity index (χ4v) is 3.75. The highest BCUT2D eigenvalue weighted by Gasteiger charge is 2.39. The van der Waals surface area contributed by atoms with Crippen LogP contribution >= 0.6 is 11.6 Å². The van der Waals surface area contributed by atoms with Crippen molar-refractivity contribution in [3.05, 3.63) is 0 Å². The highest BCUT2D eigenvalue weighted by molar-refractivity contribution is 7.87. The van der Waals surface area contributed by atoms with Crippen molar-refractivity contribution < 1.29 is 17.9 Å². The number of amides is 1. The highest BCUT2D eigenvalue weighted by Crippen LogP contribution is 2.26. The summed E-state index contributed by atoms with van der Waals surface area (Å²) in [5.74, 6) is 0.400. The molecule has 2 atom stereocenters. The second-order valence-corrected chi connectivity index (χ2v) is 5.86. The first-order chi connectivity index (χ1) is 7.92. The number of carbonyl (C=O) groups excluding carboxylic acids is 1. The van der Waals surface area contributed by atoms with Crippen LogP contribution in [0.25, 0.3) is 0 Å². The van der Waals surface area contributed by atoms with Gasteiger partial charge in [0.1, 0.15) is 0 Å². The summed E-state index contributed by atoms with van der Waals surface area (Å²) in [6.45, 7) is 4.03. The molecule has 0 aromatic heterocycles. The molecule has 0 aliphatic carbocycles. The highest BCUT2D eigenvalue weighted by atomic mass is 35.5. The molecule has 1 aliphatic rings. The number of rotatable bonds is 4. The Balaban J connectivity index is 2.73. The van der Waals surface area contributed by atoms with Crippen LogP contribution in [0.4, 0.5) is 4.79 Å². The molecule has 1 rings (SSSR count). The van der Waals surface area contributed by atoms with Gasteiger partial charge in [0, 0.05) is 18.5 Å². The molecule has 2 unspecified atom stereocenters. The number of nitrogens with zero attached hydrogens (tertiary/aromatic N) is 1. The molecule has 0 aromatic rings. The average Bonchev–Trinajstić information content (AvgIpc) is 2.59. The summed E-state index contributed by atoms with van der Waals surface area (Å²) < 4.78 is 31.4. The van der Waals surface area contributed by atoms with Gasteiger partial charge in [-0.3, -0.25) is 0 Å². The summed E-state index contributed by atoms with van der Waals surface area (Å²) in [6, 6.07) is -0.274. The van der Waals surface area contributed by atoms with Crippen molar-refractivity contribution in [2.45, 2.75) is 26.3 Å². The van der Waals surface area contributed by atoms with Gasteiger partial charge in [-0.1, -0.05) is 6.92 Å². The van der Waals surface area contributed by atoms with E-state index in [0.29, 0.717) is 6.54 Å². The van der Waals surface area contributed by atoms with Gasteiger partial charge in [-0.05, 0) is 19.3 Å². The molecular weight excluding hydrogens is 268 g/mol. The lowest BCUT2D eigenvalue weighted by Gasteiger charge is -2.24. The first kappa shape index (κ1) is 14.5. The number of nitrogens with one attached hydrogen (secondary N) is 1. The van der Waals surface area contributed by atoms with Crippen LogP contribution in [0.1, 0.15) is 20.3 Å². The lowest BCUT2D eigenvalue weighted by molar-refractivity contribution is 0.158. The Hall–Kier alpha value is -0.530. The normalized spacial score (nSPS) is 25.8. The minimum absolute atomic E-state index is 0.122. The molecule has 1 heterocycles. The third-order valence-corrected chi connectivity index (χ3v) is 4.60. The fraction of sp³-hybridized carbons (Fsp3) is 0.889. The minimum Gasteiger partial charge on any atom is -0.449 e. The summed E-state index contributed by atoms with van der Waals surface area (Å²) in [5.41, 5.74) is 0. The average molecular weight is 285 g/mol. The lowest BCUT2D eigenvalue weighted by atomic mass is 10.1. The van der Waals surface area contributed by atoms with Gasteiger partial charge >= 0.3 is 16.3 Å². The predicted molar refractivity (Wildman–Crippen MR) is 64.1 cm³/mol. The summed E-state index contributed by atoms with van der Waals surface area (Å²) in [4.78, 5) is 11.1. The first-order valence-corrected chi connectivity index (χ1v) is 7.42. The molecule has 0 saturated carbocycles. The SMILES string of the molecule is CCOC(=O)NS(=O)(=O)N1CCC(C)C1CCl. The molecule has 1 saturated heterocycles. The van der Waals surface area contributed by atoms with Crippen molar-refractivity contribution in [3.63, 3.8) is 0 Å². The zero-order valence-corrected chi connectivity index (χ0v) is 11.4. The Kier molecular flexibility index (Phi) is 5.03. The summed E-state index contributed by atoms with van der Waals surface area (Å²) in [5, 5.41) is 0. The molecule has 8 heteroatoms. The van der Waals surface area contributed by atoms with Gasteiger partial charge < -0.3 is 4.74 Å². The van der Waals surface area contributed by atoms with Crippen molar-refractivity contribution in [3.8, 4) is 0 Å². The van der Waals surface area contributed by atoms with E-state index in [4.69, 9.17) is 11.6 Å². The third-order valence-electron chi connectivity index (χ3n) is 2.79. The lowest BCUT2D eigenvalue weighted by Crippen LogP contribution is -2.47. The summed E-state index contributed by atoms with van der Waals surface area (Å²) in [7, 11) is -3.85. The predicted octanol–water partition coefficient (Wildman–Crippen LogP) is 0.926. The Morgan fingerprint density at radius 3 is 2.76 bits per heavy atom. The minimum atomic E-state index is -3.85. The molecule has 100 valence electrons. The number of halogens is 1. The third kappa shape index (κ3) is 3.46. The fourth-order valence-electron chi connectivity index (χ4n) is 1.82. The standard InChI is InChI=1S/C9H17ClN2O4S/c1-3-16-9(13)11-17(14,15)12-5-4-7(2)8(12)6-10/h7-8H,3-6H2,1-2H3,(H,11,13). The molecule has 0 bridgehead atoms. The van der Waals surface area contributed by atoms with E-state index < -0.39 is 16.3 Å². The molecule has 0 spiro atoms. The quantitative estimate of drug-likeness (QED) is 0.779. The van der Waals surface area contributed by atoms with Crippen molar-refractivity contribution in [1.82, 2.24) is 9.03 Å². The van der Waals surface area contributed by atoms with E-state index >= 15 is 0 Å². The smallest absolute Gasteiger partial charge is 0.421 e. The van der Waals surface area contributed by atoms with Crippen LogP contribution in [-0.4, -0.2) is 43.9 Å². The van der Waals surface area contributed by atoms with Crippen molar-refractivity contribution >= 4 is 27.9 Å². The number of hydrogen-bond donors (Lipinski definition) is 1. The van der Waals surface area contributed by atoms with Crippen LogP contribution in [0.5, 0.6) is 0 Å². The van der Waals surface area contributed by atoms with Crippen LogP contribution in [0.3, 0.4) is 0 Å². The molecule has 1 aliphatic heterocycles. The Bertz CT molecular complexity index is 373. The Morgan fingerprint density at radius 1 is 1.59 bits per heavy atom. The van der Waals surface area contributed by atoms with Crippen LogP contribution in [0.2, 0.25) is 0 Å². The monoisotopic (exact) mass is 284 g/mol. The van der Waals surface area contributed by atoms with E-state index in [1.165, 1.54) is 4.31 Å². The topological polar surface area (TPSA) is 75.7 Å². The largest absolute Gasteiger partial charge is 0.449 e. The number of carbonyl (C=O) groups is 1. The number of ether oxygens (including phenoxy) is 1. The first-order valence-electron chi connectivity index (χ1n) is 5.44. The van der Waals surface area contributed by atoms with E-state index in [1.54, 1.807) is 6.92 Å². The number of hydrogen-bond acceptors (Lipinski definition) is 4. The molecule has 0 radical (unpaired) electrons. The number of alkyl halides is 1. The van der Waals surface area contributed by atoms with Crippen molar-refractivity contribution in [2.75, 3.05) is 19.0 Å². The maximum atomic E-state index is 11.9. The Morgan fingerprint density at radius 2 is 2.24 bits per heavy atom. The van der Waals surface area contributed by atoms with Crippen LogP contribution in [-0.2, 0) is 14.9 Å². The van der Waals surface area contributed by atoms with E-state index in [-0.39, 0.29) is 24.4 Å². The van der Waals surface area contributed by atoms with Crippen molar-refractivity contribution in [2.24, 2.45) is 5.92 Å². The molecule has 17 heavy (non-hydrogen) atoms. The second-order valence-electron chi connectivity index (χ2n) is 3.93. The molecule has 1 amide bonds. The van der Waals surface area contributed by atoms with E-state index in [2.05, 4.69) is 4.74 Å². The van der Waals surface area contributed by atoms with Gasteiger partial charge in [-0.2, -0.15) is 12.7 Å². The molecule has 6 nitrogen and oxygen atoms in total. The molecular formula is C9H17ClN2O4S. The molecule has 1 N–H and O–H groups in total. The summed E-state index contributed by atoms with van der Waals surface area (Å²) >= 11 is 5.75. The Labute approximate surface area is 106 Å². The van der Waals surface area contributed by atoms with Gasteiger partial charge in [0.15, 0.2) is 0 Å². The second kappa shape index (κ2) is 5.88. The maximum Gasteiger partial charge on any atom is 0.421 e. The van der Waals surface area contributed by atoms with Gasteiger partial charge in [0.2, 0.25) is 0 Å². The van der Waals surface area contributed by atoms with E-state index in [1.807, 2.05) is 11.6 Å². The van der Waals surface area contributed by atoms with Gasteiger partial charge in [0.25, 0.3) is 0 Å². The van der Waals surface area contributed by atoms with E-state index in [0.717, 1.165) is 6.42 Å². The maximum absolute atomic E-state index is 11.9. The van der Waals surface area contributed by atoms with Crippen LogP contribution < -0.4 is 4.72 Å². The molecule has 1 fully saturated rings. The van der Waals surface area contributed by atoms with E-state index in [9.17, 15) is 13.2 Å². The zero-order valence-electron chi connectivity index (χ0n) is 9.85. The van der Waals surface area contributed by atoms with Gasteiger partial charge in [-0.15, -0.1) is 11.6 Å². The molecule has 0 aromatic carbocycles. The van der Waals surface area contributed by atoms with Crippen LogP contribution in [0, 0.1) is 5.92 Å². The van der Waals surface area contributed by atoms with Gasteiger partial charge in [-0.25, -0.2) is 9.52 Å². The van der Waals surface area contributed by atoms with Crippen LogP contribution in [0.15, 0.2) is 0 Å². The zero-order chi connectivity index (χ0) is 13.1. The van der Waals surface area contributed by atoms with Crippen molar-refractivity contribution in [1.29, 1.82) is 0 Å².